The lowest BCUT2D eigenvalue weighted by Gasteiger charge is -2.46. The zero-order chi connectivity index (χ0) is 20.3. The third-order valence-corrected chi connectivity index (χ3v) is 15.0. The van der Waals surface area contributed by atoms with Gasteiger partial charge in [-0.1, -0.05) is 55.4 Å². The second kappa shape index (κ2) is 8.68. The maximum atomic E-state index is 12.3. The number of nitrogen functional groups attached to an aromatic ring is 1. The molecule has 2 N–H and O–H groups in total. The Kier molecular flexibility index (Phi) is 7.64. The van der Waals surface area contributed by atoms with Crippen molar-refractivity contribution in [1.82, 2.24) is 9.71 Å². The van der Waals surface area contributed by atoms with E-state index in [9.17, 15) is 4.79 Å². The Morgan fingerprint density at radius 3 is 1.77 bits per heavy atom. The number of hydrogen-bond donors (Lipinski definition) is 1. The van der Waals surface area contributed by atoms with Crippen molar-refractivity contribution >= 4 is 22.9 Å². The van der Waals surface area contributed by atoms with Gasteiger partial charge in [-0.2, -0.15) is 4.98 Å². The van der Waals surface area contributed by atoms with Crippen LogP contribution in [0.2, 0.25) is 22.2 Å². The Hall–Kier alpha value is -1.17. The highest BCUT2D eigenvalue weighted by Gasteiger charge is 2.57. The quantitative estimate of drug-likeness (QED) is 0.638. The van der Waals surface area contributed by atoms with Crippen molar-refractivity contribution in [1.29, 1.82) is 0 Å². The molecule has 0 bridgehead atoms. The van der Waals surface area contributed by atoms with Gasteiger partial charge in [0.25, 0.3) is 0 Å². The van der Waals surface area contributed by atoms with E-state index >= 15 is 0 Å². The third kappa shape index (κ3) is 4.38. The molecule has 7 nitrogen and oxygen atoms in total. The number of anilines is 1. The molecule has 0 aliphatic carbocycles. The van der Waals surface area contributed by atoms with Gasteiger partial charge in [0.15, 0.2) is 0 Å². The summed E-state index contributed by atoms with van der Waals surface area (Å²) in [7, 11) is -3.77. The molecular weight excluding hydrogens is 366 g/mol. The lowest BCUT2D eigenvalue weighted by atomic mass is 10.5. The van der Waals surface area contributed by atoms with E-state index in [1.54, 1.807) is 13.2 Å². The van der Waals surface area contributed by atoms with Crippen LogP contribution < -0.4 is 16.0 Å². The fraction of sp³-hybridized carbons (Fsp3) is 0.765. The van der Waals surface area contributed by atoms with Crippen LogP contribution in [-0.2, 0) is 8.54 Å². The molecule has 0 aromatic carbocycles. The summed E-state index contributed by atoms with van der Waals surface area (Å²) in [6.45, 7) is 16.8. The van der Waals surface area contributed by atoms with Gasteiger partial charge in [-0.05, 0) is 11.1 Å². The summed E-state index contributed by atoms with van der Waals surface area (Å²) in [5.74, 6) is 0.169. The topological polar surface area (TPSA) is 88.6 Å². The van der Waals surface area contributed by atoms with Gasteiger partial charge in [0.05, 0.1) is 6.20 Å². The van der Waals surface area contributed by atoms with Crippen molar-refractivity contribution in [2.75, 3.05) is 12.8 Å². The first kappa shape index (κ1) is 22.9. The van der Waals surface area contributed by atoms with E-state index in [-0.39, 0.29) is 28.0 Å². The summed E-state index contributed by atoms with van der Waals surface area (Å²) in [5, 5.41) is 0. The number of aromatic nitrogens is 2. The summed E-state index contributed by atoms with van der Waals surface area (Å²) in [6, 6.07) is 1.55. The highest BCUT2D eigenvalue weighted by molar-refractivity contribution is 6.83. The van der Waals surface area contributed by atoms with E-state index < -0.39 is 22.8 Å². The Morgan fingerprint density at radius 1 is 0.962 bits per heavy atom. The van der Waals surface area contributed by atoms with Crippen LogP contribution in [0.25, 0.3) is 0 Å². The van der Waals surface area contributed by atoms with Crippen LogP contribution in [0.3, 0.4) is 0 Å². The second-order valence-electron chi connectivity index (χ2n) is 7.92. The first-order chi connectivity index (χ1) is 11.9. The SMILES string of the molecule is CO[Si](O[Si](On1ccc(N)nc1=O)(C(C)C)C(C)C)(C(C)C)C(C)C. The fourth-order valence-electron chi connectivity index (χ4n) is 3.42. The molecule has 0 aliphatic rings. The second-order valence-corrected chi connectivity index (χ2v) is 16.8. The maximum absolute atomic E-state index is 12.3. The summed E-state index contributed by atoms with van der Waals surface area (Å²) < 4.78 is 20.5. The average Bonchev–Trinajstić information content (AvgIpc) is 2.52. The number of rotatable bonds is 9. The van der Waals surface area contributed by atoms with Crippen molar-refractivity contribution < 1.29 is 13.1 Å². The average molecular weight is 402 g/mol. The molecule has 26 heavy (non-hydrogen) atoms. The molecule has 0 saturated heterocycles. The van der Waals surface area contributed by atoms with E-state index in [4.69, 9.17) is 18.8 Å². The minimum absolute atomic E-state index is 0.103. The molecule has 1 rings (SSSR count). The Morgan fingerprint density at radius 2 is 1.42 bits per heavy atom. The van der Waals surface area contributed by atoms with Crippen molar-refractivity contribution in [3.63, 3.8) is 0 Å². The predicted molar refractivity (Wildman–Crippen MR) is 109 cm³/mol. The summed E-state index contributed by atoms with van der Waals surface area (Å²) >= 11 is 0. The van der Waals surface area contributed by atoms with Gasteiger partial charge in [-0.15, -0.1) is 4.73 Å². The van der Waals surface area contributed by atoms with Crippen molar-refractivity contribution in [2.45, 2.75) is 77.6 Å². The largest absolute Gasteiger partial charge is 0.432 e. The van der Waals surface area contributed by atoms with Crippen LogP contribution in [0.15, 0.2) is 17.1 Å². The van der Waals surface area contributed by atoms with E-state index in [1.165, 1.54) is 6.20 Å². The smallest absolute Gasteiger partial charge is 0.422 e. The number of hydrogen-bond acceptors (Lipinski definition) is 6. The first-order valence-corrected chi connectivity index (χ1v) is 13.2. The fourth-order valence-corrected chi connectivity index (χ4v) is 14.2. The van der Waals surface area contributed by atoms with Crippen LogP contribution in [-0.4, -0.2) is 33.9 Å². The van der Waals surface area contributed by atoms with Crippen LogP contribution in [0.1, 0.15) is 55.4 Å². The predicted octanol–water partition coefficient (Wildman–Crippen LogP) is 3.44. The molecule has 9 heteroatoms. The van der Waals surface area contributed by atoms with Crippen LogP contribution in [0.4, 0.5) is 5.82 Å². The lowest BCUT2D eigenvalue weighted by molar-refractivity contribution is 0.153. The molecule has 0 aliphatic heterocycles. The van der Waals surface area contributed by atoms with Crippen LogP contribution in [0, 0.1) is 0 Å². The molecule has 0 amide bonds. The molecule has 1 heterocycles. The number of nitrogens with zero attached hydrogens (tertiary/aromatic N) is 2. The number of nitrogens with two attached hydrogens (primary N) is 1. The molecule has 150 valence electrons. The maximum Gasteiger partial charge on any atom is 0.422 e. The Balaban J connectivity index is 3.49. The van der Waals surface area contributed by atoms with Gasteiger partial charge in [0.1, 0.15) is 5.82 Å². The van der Waals surface area contributed by atoms with E-state index in [2.05, 4.69) is 60.4 Å². The van der Waals surface area contributed by atoms with Crippen LogP contribution in [0.5, 0.6) is 0 Å². The molecule has 1 aromatic rings. The first-order valence-electron chi connectivity index (χ1n) is 9.22. The zero-order valence-corrected chi connectivity index (χ0v) is 19.6. The van der Waals surface area contributed by atoms with Crippen molar-refractivity contribution in [3.05, 3.63) is 22.7 Å². The van der Waals surface area contributed by atoms with E-state index in [1.807, 2.05) is 0 Å². The van der Waals surface area contributed by atoms with Crippen LogP contribution >= 0.6 is 0 Å². The molecule has 0 atom stereocenters. The summed E-state index contributed by atoms with van der Waals surface area (Å²) in [6.07, 6.45) is 1.52. The van der Waals surface area contributed by atoms with E-state index in [0.717, 1.165) is 4.73 Å². The minimum Gasteiger partial charge on any atom is -0.432 e. The van der Waals surface area contributed by atoms with Gasteiger partial charge < -0.3 is 18.8 Å². The molecule has 1 aromatic heterocycles. The Bertz CT molecular complexity index is 631. The third-order valence-electron chi connectivity index (χ3n) is 4.89. The molecule has 0 fully saturated rings. The van der Waals surface area contributed by atoms with Crippen molar-refractivity contribution in [2.24, 2.45) is 0 Å². The highest BCUT2D eigenvalue weighted by atomic mass is 28.5. The summed E-state index contributed by atoms with van der Waals surface area (Å²) in [4.78, 5) is 16.0. The summed E-state index contributed by atoms with van der Waals surface area (Å²) in [5.41, 5.74) is 5.75. The molecule has 0 radical (unpaired) electrons. The molecule has 0 saturated carbocycles. The van der Waals surface area contributed by atoms with Crippen molar-refractivity contribution in [3.8, 4) is 0 Å². The zero-order valence-electron chi connectivity index (χ0n) is 17.6. The Labute approximate surface area is 159 Å². The molecule has 0 unspecified atom stereocenters. The lowest BCUT2D eigenvalue weighted by Crippen LogP contribution is -2.64. The minimum atomic E-state index is -2.90. The molecular formula is C17H35N3O4Si2. The highest BCUT2D eigenvalue weighted by Crippen LogP contribution is 2.42. The monoisotopic (exact) mass is 401 g/mol. The van der Waals surface area contributed by atoms with E-state index in [0.29, 0.717) is 0 Å². The van der Waals surface area contributed by atoms with Gasteiger partial charge >= 0.3 is 22.8 Å². The molecule has 0 spiro atoms. The van der Waals surface area contributed by atoms with Gasteiger partial charge in [0.2, 0.25) is 0 Å². The van der Waals surface area contributed by atoms with Gasteiger partial charge in [-0.3, -0.25) is 0 Å². The standard InChI is InChI=1S/C17H35N3O4Si2/c1-12(2)25(22-9,13(3)4)24-26(14(5)6,15(7)8)23-20-11-10-16(18)19-17(20)21/h10-15H,1-9H3,(H2,18,19,21). The normalized spacial score (nSPS) is 13.3. The van der Waals surface area contributed by atoms with Gasteiger partial charge in [0, 0.05) is 24.3 Å². The van der Waals surface area contributed by atoms with Gasteiger partial charge in [-0.25, -0.2) is 4.79 Å².